The average molecular weight is 250 g/mol. The first-order valence-corrected chi connectivity index (χ1v) is 6.69. The molecule has 0 aliphatic carbocycles. The van der Waals surface area contributed by atoms with Crippen LogP contribution in [0, 0.1) is 0 Å². The molecule has 2 heterocycles. The number of hydrogen-bond acceptors (Lipinski definition) is 4. The molecule has 1 fully saturated rings. The smallest absolute Gasteiger partial charge is 0.185 e. The Morgan fingerprint density at radius 1 is 1.56 bits per heavy atom. The molecular formula is C14H22N2O2. The summed E-state index contributed by atoms with van der Waals surface area (Å²) in [6.45, 7) is 6.41. The standard InChI is InChI=1S/C14H22N2O2/c1-3-16-8-4-5-12(16)9-15(2)10-13-6-7-14(11-17)18-13/h6-7,11-12H,3-5,8-10H2,1-2H3. The molecule has 1 aromatic rings. The number of nitrogens with zero attached hydrogens (tertiary/aromatic N) is 2. The van der Waals surface area contributed by atoms with Crippen LogP contribution in [0.15, 0.2) is 16.5 Å². The molecule has 1 aliphatic rings. The van der Waals surface area contributed by atoms with Gasteiger partial charge in [0.1, 0.15) is 5.76 Å². The molecular weight excluding hydrogens is 228 g/mol. The van der Waals surface area contributed by atoms with Crippen molar-refractivity contribution < 1.29 is 9.21 Å². The average Bonchev–Trinajstić information content (AvgIpc) is 2.97. The second-order valence-corrected chi connectivity index (χ2v) is 5.04. The normalized spacial score (nSPS) is 20.7. The Morgan fingerprint density at radius 2 is 2.39 bits per heavy atom. The summed E-state index contributed by atoms with van der Waals surface area (Å²) in [5, 5.41) is 0. The first-order chi connectivity index (χ1) is 8.72. The van der Waals surface area contributed by atoms with Crippen LogP contribution in [-0.4, -0.2) is 48.8 Å². The summed E-state index contributed by atoms with van der Waals surface area (Å²) in [6, 6.07) is 4.27. The minimum Gasteiger partial charge on any atom is -0.457 e. The van der Waals surface area contributed by atoms with Gasteiger partial charge in [0.2, 0.25) is 0 Å². The van der Waals surface area contributed by atoms with E-state index in [4.69, 9.17) is 4.42 Å². The van der Waals surface area contributed by atoms with E-state index in [1.165, 1.54) is 19.4 Å². The van der Waals surface area contributed by atoms with Gasteiger partial charge in [-0.15, -0.1) is 0 Å². The molecule has 2 rings (SSSR count). The molecule has 18 heavy (non-hydrogen) atoms. The van der Waals surface area contributed by atoms with Gasteiger partial charge in [0.05, 0.1) is 6.54 Å². The van der Waals surface area contributed by atoms with Crippen molar-refractivity contribution in [1.82, 2.24) is 9.80 Å². The lowest BCUT2D eigenvalue weighted by Gasteiger charge is -2.27. The number of rotatable bonds is 6. The van der Waals surface area contributed by atoms with Crippen molar-refractivity contribution in [2.24, 2.45) is 0 Å². The van der Waals surface area contributed by atoms with Gasteiger partial charge in [-0.1, -0.05) is 6.92 Å². The molecule has 4 nitrogen and oxygen atoms in total. The number of carbonyl (C=O) groups excluding carboxylic acids is 1. The van der Waals surface area contributed by atoms with Crippen molar-refractivity contribution in [3.63, 3.8) is 0 Å². The van der Waals surface area contributed by atoms with Crippen molar-refractivity contribution in [1.29, 1.82) is 0 Å². The molecule has 1 aliphatic heterocycles. The molecule has 1 unspecified atom stereocenters. The number of aldehydes is 1. The summed E-state index contributed by atoms with van der Waals surface area (Å²) in [6.07, 6.45) is 3.34. The van der Waals surface area contributed by atoms with Crippen LogP contribution in [0.2, 0.25) is 0 Å². The summed E-state index contributed by atoms with van der Waals surface area (Å²) >= 11 is 0. The highest BCUT2D eigenvalue weighted by Crippen LogP contribution is 2.18. The maximum absolute atomic E-state index is 10.6. The highest BCUT2D eigenvalue weighted by atomic mass is 16.3. The Labute approximate surface area is 109 Å². The quantitative estimate of drug-likeness (QED) is 0.724. The van der Waals surface area contributed by atoms with E-state index in [1.807, 2.05) is 6.07 Å². The van der Waals surface area contributed by atoms with E-state index in [1.54, 1.807) is 6.07 Å². The van der Waals surface area contributed by atoms with Crippen LogP contribution in [0.4, 0.5) is 0 Å². The zero-order chi connectivity index (χ0) is 13.0. The number of likely N-dealkylation sites (N-methyl/N-ethyl adjacent to an activating group) is 2. The molecule has 1 saturated heterocycles. The van der Waals surface area contributed by atoms with Crippen LogP contribution in [0.5, 0.6) is 0 Å². The molecule has 1 atom stereocenters. The van der Waals surface area contributed by atoms with E-state index in [-0.39, 0.29) is 0 Å². The monoisotopic (exact) mass is 250 g/mol. The molecule has 1 aromatic heterocycles. The van der Waals surface area contributed by atoms with Gasteiger partial charge in [-0.25, -0.2) is 0 Å². The summed E-state index contributed by atoms with van der Waals surface area (Å²) in [5.74, 6) is 1.27. The Morgan fingerprint density at radius 3 is 3.06 bits per heavy atom. The van der Waals surface area contributed by atoms with Gasteiger partial charge in [0.25, 0.3) is 0 Å². The Balaban J connectivity index is 1.84. The summed E-state index contributed by atoms with van der Waals surface area (Å²) in [7, 11) is 2.11. The molecule has 4 heteroatoms. The van der Waals surface area contributed by atoms with E-state index >= 15 is 0 Å². The lowest BCUT2D eigenvalue weighted by molar-refractivity contribution is 0.109. The van der Waals surface area contributed by atoms with Gasteiger partial charge in [0.15, 0.2) is 12.0 Å². The predicted molar refractivity (Wildman–Crippen MR) is 70.7 cm³/mol. The molecule has 0 saturated carbocycles. The number of carbonyl (C=O) groups is 1. The van der Waals surface area contributed by atoms with Gasteiger partial charge >= 0.3 is 0 Å². The fourth-order valence-electron chi connectivity index (χ4n) is 2.75. The zero-order valence-corrected chi connectivity index (χ0v) is 11.3. The summed E-state index contributed by atoms with van der Waals surface area (Å²) in [5.41, 5.74) is 0. The third-order valence-corrected chi connectivity index (χ3v) is 3.65. The van der Waals surface area contributed by atoms with Crippen LogP contribution in [0.1, 0.15) is 36.1 Å². The minimum absolute atomic E-state index is 0.412. The predicted octanol–water partition coefficient (Wildman–Crippen LogP) is 2.01. The van der Waals surface area contributed by atoms with Crippen molar-refractivity contribution >= 4 is 6.29 Å². The van der Waals surface area contributed by atoms with E-state index in [2.05, 4.69) is 23.8 Å². The Hall–Kier alpha value is -1.13. The topological polar surface area (TPSA) is 36.7 Å². The third-order valence-electron chi connectivity index (χ3n) is 3.65. The second kappa shape index (κ2) is 6.16. The van der Waals surface area contributed by atoms with Crippen molar-refractivity contribution in [2.45, 2.75) is 32.4 Å². The van der Waals surface area contributed by atoms with Gasteiger partial charge in [-0.3, -0.25) is 14.6 Å². The lowest BCUT2D eigenvalue weighted by atomic mass is 10.2. The number of hydrogen-bond donors (Lipinski definition) is 0. The van der Waals surface area contributed by atoms with Gasteiger partial charge in [-0.05, 0) is 45.1 Å². The number of furan rings is 1. The minimum atomic E-state index is 0.412. The molecule has 0 N–H and O–H groups in total. The van der Waals surface area contributed by atoms with Crippen LogP contribution in [0.3, 0.4) is 0 Å². The Kier molecular flexibility index (Phi) is 4.55. The highest BCUT2D eigenvalue weighted by molar-refractivity contribution is 5.70. The molecule has 100 valence electrons. The second-order valence-electron chi connectivity index (χ2n) is 5.04. The van der Waals surface area contributed by atoms with Crippen LogP contribution < -0.4 is 0 Å². The highest BCUT2D eigenvalue weighted by Gasteiger charge is 2.24. The van der Waals surface area contributed by atoms with Gasteiger partial charge in [0, 0.05) is 12.6 Å². The van der Waals surface area contributed by atoms with Gasteiger partial charge in [-0.2, -0.15) is 0 Å². The third kappa shape index (κ3) is 3.21. The van der Waals surface area contributed by atoms with Crippen LogP contribution in [-0.2, 0) is 6.54 Å². The molecule has 0 spiro atoms. The number of likely N-dealkylation sites (tertiary alicyclic amines) is 1. The van der Waals surface area contributed by atoms with E-state index < -0.39 is 0 Å². The largest absolute Gasteiger partial charge is 0.457 e. The van der Waals surface area contributed by atoms with E-state index in [9.17, 15) is 4.79 Å². The van der Waals surface area contributed by atoms with Crippen molar-refractivity contribution in [3.8, 4) is 0 Å². The molecule has 0 radical (unpaired) electrons. The van der Waals surface area contributed by atoms with Crippen molar-refractivity contribution in [3.05, 3.63) is 23.7 Å². The maximum Gasteiger partial charge on any atom is 0.185 e. The first-order valence-electron chi connectivity index (χ1n) is 6.69. The SMILES string of the molecule is CCN1CCCC1CN(C)Cc1ccc(C=O)o1. The summed E-state index contributed by atoms with van der Waals surface area (Å²) < 4.78 is 5.40. The summed E-state index contributed by atoms with van der Waals surface area (Å²) in [4.78, 5) is 15.4. The lowest BCUT2D eigenvalue weighted by Crippen LogP contribution is -2.38. The zero-order valence-electron chi connectivity index (χ0n) is 11.3. The van der Waals surface area contributed by atoms with Crippen LogP contribution >= 0.6 is 0 Å². The Bertz CT molecular complexity index is 389. The van der Waals surface area contributed by atoms with E-state index in [0.717, 1.165) is 31.7 Å². The molecule has 0 amide bonds. The fraction of sp³-hybridized carbons (Fsp3) is 0.643. The maximum atomic E-state index is 10.6. The first kappa shape index (κ1) is 13.3. The van der Waals surface area contributed by atoms with Crippen molar-refractivity contribution in [2.75, 3.05) is 26.7 Å². The van der Waals surface area contributed by atoms with Crippen LogP contribution in [0.25, 0.3) is 0 Å². The van der Waals surface area contributed by atoms with E-state index in [0.29, 0.717) is 11.8 Å². The fourth-order valence-corrected chi connectivity index (χ4v) is 2.75. The van der Waals surface area contributed by atoms with Gasteiger partial charge < -0.3 is 4.42 Å². The molecule has 0 aromatic carbocycles. The molecule has 0 bridgehead atoms.